The molecule has 0 bridgehead atoms. The van der Waals surface area contributed by atoms with Gasteiger partial charge in [0.05, 0.1) is 0 Å². The number of nitrogens with zero attached hydrogens (tertiary/aromatic N) is 1. The molecule has 0 aliphatic heterocycles. The summed E-state index contributed by atoms with van der Waals surface area (Å²) in [6, 6.07) is 1.64. The Morgan fingerprint density at radius 1 is 1.50 bits per heavy atom. The highest BCUT2D eigenvalue weighted by molar-refractivity contribution is 6.45. The Hall–Kier alpha value is -1.02. The van der Waals surface area contributed by atoms with Crippen LogP contribution >= 0.6 is 11.6 Å². The number of halogens is 1. The number of fused-ring (bicyclic) bond motifs is 1. The smallest absolute Gasteiger partial charge is 0.211 e. The van der Waals surface area contributed by atoms with Gasteiger partial charge in [-0.1, -0.05) is 17.7 Å². The van der Waals surface area contributed by atoms with Crippen molar-refractivity contribution in [2.24, 2.45) is 0 Å². The van der Waals surface area contributed by atoms with E-state index in [1.165, 1.54) is 0 Å². The fraction of sp³-hybridized carbons (Fsp3) is 0.222. The van der Waals surface area contributed by atoms with Gasteiger partial charge in [0.25, 0.3) is 0 Å². The first-order valence-electron chi connectivity index (χ1n) is 3.81. The number of aromatic nitrogens is 1. The molecule has 1 N–H and O–H groups in total. The monoisotopic (exact) mass is 181 g/mol. The summed E-state index contributed by atoms with van der Waals surface area (Å²) in [4.78, 5) is 3.77. The van der Waals surface area contributed by atoms with E-state index in [-0.39, 0.29) is 5.88 Å². The zero-order chi connectivity index (χ0) is 8.55. The van der Waals surface area contributed by atoms with Gasteiger partial charge in [0.15, 0.2) is 0 Å². The molecule has 1 aromatic rings. The van der Waals surface area contributed by atoms with Gasteiger partial charge in [0.2, 0.25) is 5.88 Å². The van der Waals surface area contributed by atoms with Crippen LogP contribution in [0.3, 0.4) is 0 Å². The van der Waals surface area contributed by atoms with E-state index in [0.717, 1.165) is 28.3 Å². The minimum Gasteiger partial charge on any atom is -0.493 e. The maximum absolute atomic E-state index is 9.09. The van der Waals surface area contributed by atoms with E-state index < -0.39 is 0 Å². The van der Waals surface area contributed by atoms with Gasteiger partial charge in [0, 0.05) is 22.5 Å². The lowest BCUT2D eigenvalue weighted by molar-refractivity contribution is 0.452. The first-order valence-corrected chi connectivity index (χ1v) is 4.19. The van der Waals surface area contributed by atoms with Crippen LogP contribution in [0.4, 0.5) is 0 Å². The molecule has 0 radical (unpaired) electrons. The number of pyridine rings is 1. The number of aromatic hydroxyl groups is 1. The molecule has 0 atom stereocenters. The average Bonchev–Trinajstić information content (AvgIpc) is 2.04. The van der Waals surface area contributed by atoms with Crippen molar-refractivity contribution in [1.82, 2.24) is 4.98 Å². The third-order valence-electron chi connectivity index (χ3n) is 1.94. The predicted molar refractivity (Wildman–Crippen MR) is 48.1 cm³/mol. The van der Waals surface area contributed by atoms with Gasteiger partial charge in [-0.2, -0.15) is 0 Å². The van der Waals surface area contributed by atoms with Crippen molar-refractivity contribution >= 4 is 22.7 Å². The fourth-order valence-electron chi connectivity index (χ4n) is 1.34. The van der Waals surface area contributed by atoms with Gasteiger partial charge in [0.1, 0.15) is 0 Å². The number of hydrogen-bond acceptors (Lipinski definition) is 2. The summed E-state index contributed by atoms with van der Waals surface area (Å²) < 4.78 is 0. The molecule has 3 heteroatoms. The summed E-state index contributed by atoms with van der Waals surface area (Å²) in [7, 11) is 0. The minimum absolute atomic E-state index is 0.0522. The van der Waals surface area contributed by atoms with Crippen LogP contribution in [0.2, 0.25) is 0 Å². The van der Waals surface area contributed by atoms with Gasteiger partial charge < -0.3 is 5.11 Å². The van der Waals surface area contributed by atoms with Crippen molar-refractivity contribution in [3.05, 3.63) is 22.7 Å². The lowest BCUT2D eigenvalue weighted by Gasteiger charge is -2.03. The van der Waals surface area contributed by atoms with Crippen LogP contribution in [0.15, 0.2) is 12.3 Å². The summed E-state index contributed by atoms with van der Waals surface area (Å²) in [5.74, 6) is 0.0522. The standard InChI is InChI=1S/C9H8ClNO/c10-8-3-1-2-6-4-9(12)11-5-7(6)8/h2,4-5,12H,1,3H2. The molecule has 62 valence electrons. The van der Waals surface area contributed by atoms with E-state index in [1.807, 2.05) is 0 Å². The van der Waals surface area contributed by atoms with Crippen LogP contribution < -0.4 is 10.4 Å². The Morgan fingerprint density at radius 2 is 2.33 bits per heavy atom. The second kappa shape index (κ2) is 2.79. The van der Waals surface area contributed by atoms with Crippen LogP contribution in [0.5, 0.6) is 5.88 Å². The first kappa shape index (κ1) is 7.62. The Morgan fingerprint density at radius 3 is 3.17 bits per heavy atom. The van der Waals surface area contributed by atoms with Crippen LogP contribution in [0, 0.1) is 0 Å². The van der Waals surface area contributed by atoms with Crippen LogP contribution in [-0.2, 0) is 0 Å². The molecule has 0 saturated carbocycles. The molecule has 0 amide bonds. The van der Waals surface area contributed by atoms with Crippen LogP contribution in [0.25, 0.3) is 11.1 Å². The molecule has 1 heterocycles. The second-order valence-electron chi connectivity index (χ2n) is 2.78. The summed E-state index contributed by atoms with van der Waals surface area (Å²) in [6.45, 7) is 0. The highest BCUT2D eigenvalue weighted by Gasteiger charge is 2.01. The molecular weight excluding hydrogens is 174 g/mol. The highest BCUT2D eigenvalue weighted by atomic mass is 35.5. The summed E-state index contributed by atoms with van der Waals surface area (Å²) in [5.41, 5.74) is 0. The Kier molecular flexibility index (Phi) is 1.77. The van der Waals surface area contributed by atoms with Crippen molar-refractivity contribution < 1.29 is 5.11 Å². The molecule has 0 fully saturated rings. The van der Waals surface area contributed by atoms with Crippen molar-refractivity contribution in [1.29, 1.82) is 0 Å². The number of rotatable bonds is 0. The van der Waals surface area contributed by atoms with Gasteiger partial charge in [-0.25, -0.2) is 4.98 Å². The van der Waals surface area contributed by atoms with Crippen LogP contribution in [0.1, 0.15) is 12.8 Å². The van der Waals surface area contributed by atoms with E-state index >= 15 is 0 Å². The van der Waals surface area contributed by atoms with Crippen molar-refractivity contribution in [2.75, 3.05) is 0 Å². The van der Waals surface area contributed by atoms with Crippen molar-refractivity contribution in [3.63, 3.8) is 0 Å². The molecule has 0 saturated heterocycles. The predicted octanol–water partition coefficient (Wildman–Crippen LogP) is 0.708. The van der Waals surface area contributed by atoms with Crippen LogP contribution in [-0.4, -0.2) is 10.1 Å². The number of hydrogen-bond donors (Lipinski definition) is 1. The maximum atomic E-state index is 9.09. The van der Waals surface area contributed by atoms with Gasteiger partial charge in [-0.15, -0.1) is 0 Å². The van der Waals surface area contributed by atoms with Gasteiger partial charge >= 0.3 is 0 Å². The first-order chi connectivity index (χ1) is 5.77. The third-order valence-corrected chi connectivity index (χ3v) is 2.33. The average molecular weight is 182 g/mol. The maximum Gasteiger partial charge on any atom is 0.211 e. The third kappa shape index (κ3) is 1.18. The molecule has 0 unspecified atom stereocenters. The molecule has 1 aliphatic carbocycles. The molecule has 2 nitrogen and oxygen atoms in total. The summed E-state index contributed by atoms with van der Waals surface area (Å²) in [5, 5.41) is 11.9. The molecular formula is C9H8ClNO. The molecule has 12 heavy (non-hydrogen) atoms. The highest BCUT2D eigenvalue weighted by Crippen LogP contribution is 2.11. The Balaban J connectivity index is 2.85. The fourth-order valence-corrected chi connectivity index (χ4v) is 1.61. The normalized spacial score (nSPS) is 15.2. The molecule has 0 aromatic carbocycles. The zero-order valence-electron chi connectivity index (χ0n) is 6.42. The van der Waals surface area contributed by atoms with E-state index in [4.69, 9.17) is 16.7 Å². The second-order valence-corrected chi connectivity index (χ2v) is 3.23. The summed E-state index contributed by atoms with van der Waals surface area (Å²) >= 11 is 5.97. The SMILES string of the molecule is Oc1cc2c(cn1)=C(Cl)CCC=2. The Labute approximate surface area is 74.8 Å². The topological polar surface area (TPSA) is 33.1 Å². The molecule has 2 rings (SSSR count). The van der Waals surface area contributed by atoms with Gasteiger partial charge in [-0.05, 0) is 18.1 Å². The minimum atomic E-state index is 0.0522. The quantitative estimate of drug-likeness (QED) is 0.640. The van der Waals surface area contributed by atoms with E-state index in [9.17, 15) is 0 Å². The van der Waals surface area contributed by atoms with E-state index in [2.05, 4.69) is 11.1 Å². The largest absolute Gasteiger partial charge is 0.493 e. The van der Waals surface area contributed by atoms with Crippen molar-refractivity contribution in [2.45, 2.75) is 12.8 Å². The van der Waals surface area contributed by atoms with Crippen molar-refractivity contribution in [3.8, 4) is 5.88 Å². The summed E-state index contributed by atoms with van der Waals surface area (Å²) in [6.07, 6.45) is 5.49. The lowest BCUT2D eigenvalue weighted by atomic mass is 10.1. The molecule has 1 aliphatic rings. The van der Waals surface area contributed by atoms with E-state index in [1.54, 1.807) is 12.3 Å². The van der Waals surface area contributed by atoms with Gasteiger partial charge in [-0.3, -0.25) is 0 Å². The molecule has 0 spiro atoms. The van der Waals surface area contributed by atoms with E-state index in [0.29, 0.717) is 0 Å². The zero-order valence-corrected chi connectivity index (χ0v) is 7.17. The lowest BCUT2D eigenvalue weighted by Crippen LogP contribution is -2.28. The molecule has 1 aromatic heterocycles. The Bertz CT molecular complexity index is 425.